The first-order valence-corrected chi connectivity index (χ1v) is 6.24. The minimum atomic E-state index is 0.829. The van der Waals surface area contributed by atoms with Gasteiger partial charge in [-0.15, -0.1) is 24.0 Å². The van der Waals surface area contributed by atoms with Gasteiger partial charge in [0.2, 0.25) is 0 Å². The van der Waals surface area contributed by atoms with Crippen molar-refractivity contribution in [3.63, 3.8) is 0 Å². The van der Waals surface area contributed by atoms with Crippen LogP contribution in [0.5, 0.6) is 0 Å². The van der Waals surface area contributed by atoms with Crippen LogP contribution in [0.1, 0.15) is 39.0 Å². The highest BCUT2D eigenvalue weighted by molar-refractivity contribution is 7.82. The second-order valence-corrected chi connectivity index (χ2v) is 5.02. The van der Waals surface area contributed by atoms with Crippen LogP contribution in [0, 0.1) is 5.92 Å². The van der Waals surface area contributed by atoms with Crippen LogP contribution in [0.2, 0.25) is 0 Å². The van der Waals surface area contributed by atoms with E-state index in [0.717, 1.165) is 10.3 Å². The van der Waals surface area contributed by atoms with Crippen molar-refractivity contribution in [3.05, 3.63) is 11.6 Å². The van der Waals surface area contributed by atoms with E-state index in [1.165, 1.54) is 43.4 Å². The zero-order valence-electron chi connectivity index (χ0n) is 8.07. The lowest BCUT2D eigenvalue weighted by Crippen LogP contribution is -1.72. The molecular formula is C10H17NS2. The van der Waals surface area contributed by atoms with E-state index >= 15 is 0 Å². The molecule has 1 aliphatic carbocycles. The maximum Gasteiger partial charge on any atom is 0.146 e. The van der Waals surface area contributed by atoms with Gasteiger partial charge in [-0.25, -0.2) is 4.98 Å². The Morgan fingerprint density at radius 2 is 2.38 bits per heavy atom. The van der Waals surface area contributed by atoms with Crippen molar-refractivity contribution in [2.24, 2.45) is 5.92 Å². The first-order chi connectivity index (χ1) is 6.33. The molecule has 0 bridgehead atoms. The molecule has 1 fully saturated rings. The summed E-state index contributed by atoms with van der Waals surface area (Å²) in [6.07, 6.45) is 9.14. The van der Waals surface area contributed by atoms with E-state index in [9.17, 15) is 0 Å². The lowest BCUT2D eigenvalue weighted by molar-refractivity contribution is 0.654. The van der Waals surface area contributed by atoms with Crippen molar-refractivity contribution in [1.29, 1.82) is 0 Å². The molecule has 0 unspecified atom stereocenters. The van der Waals surface area contributed by atoms with Gasteiger partial charge in [0.15, 0.2) is 0 Å². The zero-order valence-corrected chi connectivity index (χ0v) is 9.78. The second kappa shape index (κ2) is 6.44. The maximum absolute atomic E-state index is 3.94. The number of rotatable bonds is 3. The fourth-order valence-electron chi connectivity index (χ4n) is 1.12. The van der Waals surface area contributed by atoms with Crippen LogP contribution in [-0.4, -0.2) is 4.98 Å². The van der Waals surface area contributed by atoms with Crippen LogP contribution in [0.3, 0.4) is 0 Å². The number of thiol groups is 1. The van der Waals surface area contributed by atoms with Crippen molar-refractivity contribution in [2.45, 2.75) is 43.4 Å². The molecule has 74 valence electrons. The van der Waals surface area contributed by atoms with Crippen LogP contribution in [0.25, 0.3) is 0 Å². The summed E-state index contributed by atoms with van der Waals surface area (Å²) in [5, 5.41) is 1.89. The summed E-state index contributed by atoms with van der Waals surface area (Å²) in [6.45, 7) is 2.27. The molecule has 0 aliphatic heterocycles. The Balaban J connectivity index is 0.000000132. The second-order valence-electron chi connectivity index (χ2n) is 3.40. The Morgan fingerprint density at radius 3 is 2.69 bits per heavy atom. The molecule has 1 aliphatic rings. The van der Waals surface area contributed by atoms with Gasteiger partial charge in [0.25, 0.3) is 0 Å². The van der Waals surface area contributed by atoms with E-state index in [0.29, 0.717) is 0 Å². The van der Waals surface area contributed by atoms with Crippen LogP contribution < -0.4 is 0 Å². The molecule has 0 spiro atoms. The molecule has 1 aromatic rings. The summed E-state index contributed by atoms with van der Waals surface area (Å²) >= 11 is 5.47. The van der Waals surface area contributed by atoms with Gasteiger partial charge in [0.05, 0.1) is 0 Å². The SMILES string of the molecule is CCCCC1CC1.Sc1nccs1. The Labute approximate surface area is 90.0 Å². The van der Waals surface area contributed by atoms with Gasteiger partial charge in [0, 0.05) is 11.6 Å². The summed E-state index contributed by atoms with van der Waals surface area (Å²) in [5.41, 5.74) is 0. The third-order valence-corrected chi connectivity index (χ3v) is 3.09. The van der Waals surface area contributed by atoms with Crippen molar-refractivity contribution < 1.29 is 0 Å². The van der Waals surface area contributed by atoms with Crippen LogP contribution >= 0.6 is 24.0 Å². The lowest BCUT2D eigenvalue weighted by atomic mass is 10.2. The number of thiazole rings is 1. The average molecular weight is 215 g/mol. The first-order valence-electron chi connectivity index (χ1n) is 4.91. The average Bonchev–Trinajstić information content (AvgIpc) is 2.85. The topological polar surface area (TPSA) is 12.9 Å². The summed E-state index contributed by atoms with van der Waals surface area (Å²) < 4.78 is 0.829. The molecule has 3 heteroatoms. The molecule has 0 aromatic carbocycles. The monoisotopic (exact) mass is 215 g/mol. The summed E-state index contributed by atoms with van der Waals surface area (Å²) in [6, 6.07) is 0. The molecule has 0 radical (unpaired) electrons. The highest BCUT2D eigenvalue weighted by atomic mass is 32.2. The van der Waals surface area contributed by atoms with Crippen LogP contribution in [0.15, 0.2) is 15.9 Å². The molecule has 1 aromatic heterocycles. The minimum absolute atomic E-state index is 0.829. The minimum Gasteiger partial charge on any atom is -0.238 e. The quantitative estimate of drug-likeness (QED) is 0.751. The largest absolute Gasteiger partial charge is 0.238 e. The summed E-state index contributed by atoms with van der Waals surface area (Å²) in [4.78, 5) is 3.80. The first kappa shape index (κ1) is 11.1. The van der Waals surface area contributed by atoms with Crippen LogP contribution in [0.4, 0.5) is 0 Å². The Bertz CT molecular complexity index is 205. The molecule has 1 saturated carbocycles. The van der Waals surface area contributed by atoms with Crippen molar-refractivity contribution >= 4 is 24.0 Å². The van der Waals surface area contributed by atoms with Crippen LogP contribution in [-0.2, 0) is 0 Å². The molecule has 0 N–H and O–H groups in total. The van der Waals surface area contributed by atoms with Crippen molar-refractivity contribution in [1.82, 2.24) is 4.98 Å². The Hall–Kier alpha value is -0.0200. The standard InChI is InChI=1S/C7H14.C3H3NS2/c1-2-3-4-7-5-6-7;5-3-4-1-2-6-3/h7H,2-6H2,1H3;1-2H,(H,4,5). The van der Waals surface area contributed by atoms with Crippen molar-refractivity contribution in [3.8, 4) is 0 Å². The zero-order chi connectivity index (χ0) is 9.52. The molecular weight excluding hydrogens is 198 g/mol. The normalized spacial score (nSPS) is 14.9. The molecule has 2 rings (SSSR count). The number of hydrogen-bond donors (Lipinski definition) is 1. The molecule has 13 heavy (non-hydrogen) atoms. The predicted molar refractivity (Wildman–Crippen MR) is 61.6 cm³/mol. The Kier molecular flexibility index (Phi) is 5.47. The molecule has 0 atom stereocenters. The predicted octanol–water partition coefficient (Wildman–Crippen LogP) is 4.02. The smallest absolute Gasteiger partial charge is 0.146 e. The molecule has 1 heterocycles. The van der Waals surface area contributed by atoms with Crippen molar-refractivity contribution in [2.75, 3.05) is 0 Å². The van der Waals surface area contributed by atoms with E-state index in [4.69, 9.17) is 0 Å². The van der Waals surface area contributed by atoms with E-state index in [1.807, 2.05) is 5.38 Å². The van der Waals surface area contributed by atoms with Gasteiger partial charge >= 0.3 is 0 Å². The highest BCUT2D eigenvalue weighted by Gasteiger charge is 2.19. The number of aromatic nitrogens is 1. The maximum atomic E-state index is 3.94. The van der Waals surface area contributed by atoms with Gasteiger partial charge in [-0.1, -0.05) is 39.0 Å². The third-order valence-electron chi connectivity index (χ3n) is 2.08. The van der Waals surface area contributed by atoms with E-state index in [-0.39, 0.29) is 0 Å². The van der Waals surface area contributed by atoms with E-state index in [2.05, 4.69) is 24.5 Å². The number of unbranched alkanes of at least 4 members (excludes halogenated alkanes) is 1. The third kappa shape index (κ3) is 6.11. The Morgan fingerprint density at radius 1 is 1.62 bits per heavy atom. The van der Waals surface area contributed by atoms with Gasteiger partial charge in [0.1, 0.15) is 4.34 Å². The lowest BCUT2D eigenvalue weighted by Gasteiger charge is -1.88. The highest BCUT2D eigenvalue weighted by Crippen LogP contribution is 2.33. The molecule has 0 amide bonds. The van der Waals surface area contributed by atoms with E-state index in [1.54, 1.807) is 6.20 Å². The molecule has 1 nitrogen and oxygen atoms in total. The number of hydrogen-bond acceptors (Lipinski definition) is 3. The summed E-state index contributed by atoms with van der Waals surface area (Å²) in [5.74, 6) is 1.15. The molecule has 0 saturated heterocycles. The van der Waals surface area contributed by atoms with Gasteiger partial charge in [-0.2, -0.15) is 0 Å². The number of nitrogens with zero attached hydrogens (tertiary/aromatic N) is 1. The fraction of sp³-hybridized carbons (Fsp3) is 0.700. The fourth-order valence-corrected chi connectivity index (χ4v) is 1.73. The summed E-state index contributed by atoms with van der Waals surface area (Å²) in [7, 11) is 0. The van der Waals surface area contributed by atoms with E-state index < -0.39 is 0 Å². The van der Waals surface area contributed by atoms with Gasteiger partial charge in [-0.3, -0.25) is 0 Å². The van der Waals surface area contributed by atoms with Gasteiger partial charge < -0.3 is 0 Å². The van der Waals surface area contributed by atoms with Gasteiger partial charge in [-0.05, 0) is 5.92 Å².